The molecule has 2 heterocycles. The molecule has 3 aromatic carbocycles. The van der Waals surface area contributed by atoms with Crippen LogP contribution in [0.5, 0.6) is 0 Å². The highest BCUT2D eigenvalue weighted by Crippen LogP contribution is 2.35. The highest BCUT2D eigenvalue weighted by atomic mass is 15.3. The Balaban J connectivity index is 1.98. The smallest absolute Gasteiger partial charge is 0.120 e. The van der Waals surface area contributed by atoms with E-state index in [0.29, 0.717) is 0 Å². The third-order valence-corrected chi connectivity index (χ3v) is 5.80. The first kappa shape index (κ1) is 16.1. The van der Waals surface area contributed by atoms with Crippen LogP contribution in [0.25, 0.3) is 38.3 Å². The Morgan fingerprint density at radius 1 is 0.704 bits per heavy atom. The summed E-state index contributed by atoms with van der Waals surface area (Å²) in [6, 6.07) is 22.3. The van der Waals surface area contributed by atoms with Crippen LogP contribution in [0.1, 0.15) is 16.7 Å². The van der Waals surface area contributed by atoms with Crippen LogP contribution >= 0.6 is 0 Å². The van der Waals surface area contributed by atoms with E-state index in [4.69, 9.17) is 0 Å². The number of rotatable bonds is 1. The van der Waals surface area contributed by atoms with Gasteiger partial charge in [-0.3, -0.25) is 0 Å². The number of nitrogens with zero attached hydrogens (tertiary/aromatic N) is 2. The molecule has 5 rings (SSSR count). The van der Waals surface area contributed by atoms with Gasteiger partial charge in [0.25, 0.3) is 0 Å². The first-order chi connectivity index (χ1) is 13.1. The maximum absolute atomic E-state index is 2.37. The number of hydrogen-bond acceptors (Lipinski definition) is 0. The number of aryl methyl sites for hydroxylation is 4. The van der Waals surface area contributed by atoms with Crippen LogP contribution in [0.2, 0.25) is 0 Å². The lowest BCUT2D eigenvalue weighted by Crippen LogP contribution is -2.34. The number of benzene rings is 3. The third-order valence-electron chi connectivity index (χ3n) is 5.80. The summed E-state index contributed by atoms with van der Waals surface area (Å²) in [5.41, 5.74) is 9.12. The fourth-order valence-corrected chi connectivity index (χ4v) is 4.54. The first-order valence-corrected chi connectivity index (χ1v) is 9.45. The normalized spacial score (nSPS) is 11.7. The molecule has 27 heavy (non-hydrogen) atoms. The zero-order valence-corrected chi connectivity index (χ0v) is 16.2. The summed E-state index contributed by atoms with van der Waals surface area (Å²) in [5, 5.41) is 3.92. The van der Waals surface area contributed by atoms with E-state index in [1.807, 2.05) is 0 Å². The molecule has 0 N–H and O–H groups in total. The Morgan fingerprint density at radius 2 is 1.41 bits per heavy atom. The molecule has 0 saturated heterocycles. The third kappa shape index (κ3) is 2.23. The molecule has 0 fully saturated rings. The lowest BCUT2D eigenvalue weighted by atomic mass is 9.93. The van der Waals surface area contributed by atoms with Crippen LogP contribution in [0, 0.1) is 20.8 Å². The quantitative estimate of drug-likeness (QED) is 0.272. The highest BCUT2D eigenvalue weighted by molar-refractivity contribution is 6.13. The van der Waals surface area contributed by atoms with Gasteiger partial charge in [-0.05, 0) is 60.0 Å². The molecule has 0 radical (unpaired) electrons. The van der Waals surface area contributed by atoms with Crippen LogP contribution in [-0.4, -0.2) is 4.52 Å². The van der Waals surface area contributed by atoms with E-state index in [9.17, 15) is 0 Å². The monoisotopic (exact) mass is 351 g/mol. The molecule has 2 aromatic heterocycles. The van der Waals surface area contributed by atoms with E-state index in [1.54, 1.807) is 0 Å². The molecular formula is C25H23N2+. The number of para-hydroxylation sites is 1. The molecule has 0 amide bonds. The number of fused-ring (bicyclic) bond motifs is 6. The molecule has 0 spiro atoms. The fourth-order valence-electron chi connectivity index (χ4n) is 4.54. The predicted octanol–water partition coefficient (Wildman–Crippen LogP) is 5.66. The average molecular weight is 351 g/mol. The van der Waals surface area contributed by atoms with Crippen molar-refractivity contribution in [2.24, 2.45) is 7.05 Å². The van der Waals surface area contributed by atoms with Gasteiger partial charge in [0.2, 0.25) is 0 Å². The average Bonchev–Trinajstić information content (AvgIpc) is 3.03. The Kier molecular flexibility index (Phi) is 3.38. The van der Waals surface area contributed by atoms with Gasteiger partial charge in [0.15, 0.2) is 13.2 Å². The van der Waals surface area contributed by atoms with Crippen molar-refractivity contribution in [3.63, 3.8) is 0 Å². The molecular weight excluding hydrogens is 328 g/mol. The molecule has 0 saturated carbocycles. The minimum atomic E-state index is 1.25. The van der Waals surface area contributed by atoms with Gasteiger partial charge in [-0.2, -0.15) is 0 Å². The second-order valence-electron chi connectivity index (χ2n) is 7.58. The topological polar surface area (TPSA) is 8.29 Å². The summed E-state index contributed by atoms with van der Waals surface area (Å²) in [5.74, 6) is 0. The molecule has 0 bridgehead atoms. The van der Waals surface area contributed by atoms with Crippen molar-refractivity contribution in [3.8, 4) is 11.1 Å². The molecule has 0 aliphatic rings. The van der Waals surface area contributed by atoms with Gasteiger partial charge in [0.1, 0.15) is 11.0 Å². The van der Waals surface area contributed by atoms with Crippen LogP contribution in [0.3, 0.4) is 0 Å². The van der Waals surface area contributed by atoms with Crippen molar-refractivity contribution >= 4 is 27.2 Å². The first-order valence-electron chi connectivity index (χ1n) is 9.45. The van der Waals surface area contributed by atoms with Gasteiger partial charge >= 0.3 is 0 Å². The Labute approximate surface area is 159 Å². The molecule has 0 aliphatic heterocycles. The zero-order chi connectivity index (χ0) is 18.7. The van der Waals surface area contributed by atoms with E-state index in [-0.39, 0.29) is 0 Å². The van der Waals surface area contributed by atoms with Crippen molar-refractivity contribution in [1.29, 1.82) is 0 Å². The molecule has 2 heteroatoms. The number of aromatic nitrogens is 2. The summed E-state index contributed by atoms with van der Waals surface area (Å²) >= 11 is 0. The second kappa shape index (κ2) is 5.68. The molecule has 5 aromatic rings. The standard InChI is InChI=1S/C25H23N2/c1-16-7-5-8-17(2)24(16)19-11-12-20-22(15-19)21-10-6-9-18(3)25(21)27-23(20)13-14-26(27)4/h5-15H,1-4H3/q+1. The van der Waals surface area contributed by atoms with Gasteiger partial charge in [-0.1, -0.05) is 48.5 Å². The molecule has 2 nitrogen and oxygen atoms in total. The van der Waals surface area contributed by atoms with Crippen LogP contribution in [0.4, 0.5) is 0 Å². The van der Waals surface area contributed by atoms with Gasteiger partial charge in [-0.25, -0.2) is 0 Å². The van der Waals surface area contributed by atoms with Crippen LogP contribution in [-0.2, 0) is 7.05 Å². The van der Waals surface area contributed by atoms with E-state index in [2.05, 4.69) is 104 Å². The largest absolute Gasteiger partial charge is 0.196 e. The summed E-state index contributed by atoms with van der Waals surface area (Å²) in [4.78, 5) is 0. The van der Waals surface area contributed by atoms with Crippen molar-refractivity contribution in [2.75, 3.05) is 0 Å². The highest BCUT2D eigenvalue weighted by Gasteiger charge is 2.17. The minimum absolute atomic E-state index is 1.25. The van der Waals surface area contributed by atoms with E-state index < -0.39 is 0 Å². The van der Waals surface area contributed by atoms with Crippen LogP contribution < -0.4 is 4.68 Å². The maximum atomic E-state index is 2.37. The SMILES string of the molecule is Cc1cccc(C)c1-c1ccc2c(c1)c1cccc(C)c1n1c2cc[n+]1C. The van der Waals surface area contributed by atoms with E-state index in [1.165, 1.54) is 55.0 Å². The molecule has 132 valence electrons. The molecule has 0 atom stereocenters. The Bertz CT molecular complexity index is 1340. The van der Waals surface area contributed by atoms with Crippen molar-refractivity contribution in [3.05, 3.63) is 83.6 Å². The lowest BCUT2D eigenvalue weighted by molar-refractivity contribution is -0.735. The summed E-state index contributed by atoms with van der Waals surface area (Å²) in [7, 11) is 2.11. The van der Waals surface area contributed by atoms with E-state index >= 15 is 0 Å². The van der Waals surface area contributed by atoms with Gasteiger partial charge in [-0.15, -0.1) is 9.20 Å². The number of pyridine rings is 1. The molecule has 0 unspecified atom stereocenters. The van der Waals surface area contributed by atoms with Gasteiger partial charge < -0.3 is 0 Å². The minimum Gasteiger partial charge on any atom is -0.120 e. The Morgan fingerprint density at radius 3 is 2.19 bits per heavy atom. The second-order valence-corrected chi connectivity index (χ2v) is 7.58. The van der Waals surface area contributed by atoms with Crippen molar-refractivity contribution < 1.29 is 4.68 Å². The number of hydrogen-bond donors (Lipinski definition) is 0. The van der Waals surface area contributed by atoms with Gasteiger partial charge in [0.05, 0.1) is 0 Å². The summed E-state index contributed by atoms with van der Waals surface area (Å²) < 4.78 is 4.50. The molecule has 0 aliphatic carbocycles. The zero-order valence-electron chi connectivity index (χ0n) is 16.2. The fraction of sp³-hybridized carbons (Fsp3) is 0.160. The van der Waals surface area contributed by atoms with Crippen molar-refractivity contribution in [1.82, 2.24) is 4.52 Å². The Hall–Kier alpha value is -3.13. The summed E-state index contributed by atoms with van der Waals surface area (Å²) in [6.45, 7) is 6.60. The lowest BCUT2D eigenvalue weighted by Gasteiger charge is -2.13. The predicted molar refractivity (Wildman–Crippen MR) is 113 cm³/mol. The maximum Gasteiger partial charge on any atom is 0.196 e. The van der Waals surface area contributed by atoms with Crippen LogP contribution in [0.15, 0.2) is 66.9 Å². The van der Waals surface area contributed by atoms with E-state index in [0.717, 1.165) is 0 Å². The van der Waals surface area contributed by atoms with Gasteiger partial charge in [0, 0.05) is 16.8 Å². The summed E-state index contributed by atoms with van der Waals surface area (Å²) in [6.07, 6.45) is 2.14. The van der Waals surface area contributed by atoms with Crippen molar-refractivity contribution in [2.45, 2.75) is 20.8 Å².